The molecule has 1 aromatic heterocycles. The van der Waals surface area contributed by atoms with Gasteiger partial charge in [0.05, 0.1) is 19.7 Å². The first-order valence-corrected chi connectivity index (χ1v) is 14.2. The molecule has 0 aliphatic rings. The summed E-state index contributed by atoms with van der Waals surface area (Å²) < 4.78 is 12.6. The molecule has 1 atom stereocenters. The van der Waals surface area contributed by atoms with Crippen LogP contribution in [0.2, 0.25) is 0 Å². The number of carbonyl (C=O) groups is 2. The van der Waals surface area contributed by atoms with Crippen LogP contribution in [0.3, 0.4) is 0 Å². The maximum atomic E-state index is 14.3. The van der Waals surface area contributed by atoms with Gasteiger partial charge in [-0.05, 0) is 66.6 Å². The van der Waals surface area contributed by atoms with Gasteiger partial charge in [0.15, 0.2) is 11.5 Å². The number of aryl methyl sites for hydroxylation is 1. The second-order valence-corrected chi connectivity index (χ2v) is 10.7. The molecular formula is C34H36N6O4. The molecule has 0 aliphatic heterocycles. The molecule has 1 heterocycles. The third-order valence-corrected chi connectivity index (χ3v) is 7.43. The highest BCUT2D eigenvalue weighted by Crippen LogP contribution is 2.34. The molecule has 4 aromatic carbocycles. The van der Waals surface area contributed by atoms with Gasteiger partial charge in [-0.15, -0.1) is 5.10 Å². The van der Waals surface area contributed by atoms with Crippen molar-refractivity contribution in [2.24, 2.45) is 0 Å². The van der Waals surface area contributed by atoms with Crippen LogP contribution in [0.5, 0.6) is 11.5 Å². The van der Waals surface area contributed by atoms with Crippen LogP contribution in [0.4, 0.5) is 11.4 Å². The minimum Gasteiger partial charge on any atom is -0.493 e. The Morgan fingerprint density at radius 2 is 1.59 bits per heavy atom. The van der Waals surface area contributed by atoms with Crippen molar-refractivity contribution in [2.75, 3.05) is 38.5 Å². The third kappa shape index (κ3) is 6.64. The summed E-state index contributed by atoms with van der Waals surface area (Å²) in [6.07, 6.45) is 0. The lowest BCUT2D eigenvalue weighted by Gasteiger charge is -2.32. The molecule has 5 aromatic rings. The number of rotatable bonds is 11. The summed E-state index contributed by atoms with van der Waals surface area (Å²) in [5.74, 6) is 0.279. The van der Waals surface area contributed by atoms with Gasteiger partial charge in [-0.25, -0.2) is 4.68 Å². The minimum absolute atomic E-state index is 0.110. The second kappa shape index (κ2) is 13.3. The minimum atomic E-state index is -1.02. The zero-order valence-corrected chi connectivity index (χ0v) is 25.5. The molecule has 0 saturated carbocycles. The highest BCUT2D eigenvalue weighted by Gasteiger charge is 2.33. The molecule has 0 aliphatic carbocycles. The first-order valence-electron chi connectivity index (χ1n) is 14.2. The van der Waals surface area contributed by atoms with E-state index in [1.54, 1.807) is 34.9 Å². The van der Waals surface area contributed by atoms with Crippen LogP contribution in [0, 0.1) is 6.92 Å². The lowest BCUT2D eigenvalue weighted by molar-refractivity contribution is -0.140. The van der Waals surface area contributed by atoms with E-state index in [4.69, 9.17) is 9.47 Å². The van der Waals surface area contributed by atoms with E-state index in [1.165, 1.54) is 7.11 Å². The number of aromatic nitrogens is 3. The van der Waals surface area contributed by atoms with E-state index in [2.05, 4.69) is 15.6 Å². The lowest BCUT2D eigenvalue weighted by Crippen LogP contribution is -2.42. The summed E-state index contributed by atoms with van der Waals surface area (Å²) in [4.78, 5) is 32.1. The van der Waals surface area contributed by atoms with Crippen molar-refractivity contribution in [1.29, 1.82) is 0 Å². The average molecular weight is 593 g/mol. The maximum Gasteiger partial charge on any atom is 0.251 e. The first-order chi connectivity index (χ1) is 21.3. The Morgan fingerprint density at radius 3 is 2.27 bits per heavy atom. The molecule has 0 spiro atoms. The number of para-hydroxylation sites is 1. The Bertz CT molecular complexity index is 1750. The van der Waals surface area contributed by atoms with E-state index in [9.17, 15) is 9.59 Å². The summed E-state index contributed by atoms with van der Waals surface area (Å²) in [6, 6.07) is 27.1. The molecule has 226 valence electrons. The quantitative estimate of drug-likeness (QED) is 0.224. The number of amides is 2. The highest BCUT2D eigenvalue weighted by atomic mass is 16.5. The Morgan fingerprint density at radius 1 is 0.886 bits per heavy atom. The Hall–Kier alpha value is -5.38. The number of ether oxygens (including phenoxy) is 2. The SMILES string of the molecule is COc1ccc(C(C(=O)Nc2ccc(N(C)C)cc2)N(Cc2ccc(C)cc2)C(=O)Cn2nnc3ccccc32)cc1OC. The smallest absolute Gasteiger partial charge is 0.251 e. The number of hydrogen-bond acceptors (Lipinski definition) is 7. The summed E-state index contributed by atoms with van der Waals surface area (Å²) in [6.45, 7) is 2.07. The van der Waals surface area contributed by atoms with Gasteiger partial charge in [0.2, 0.25) is 5.91 Å². The van der Waals surface area contributed by atoms with E-state index >= 15 is 0 Å². The average Bonchev–Trinajstić information content (AvgIpc) is 3.44. The van der Waals surface area contributed by atoms with Gasteiger partial charge >= 0.3 is 0 Å². The fourth-order valence-corrected chi connectivity index (χ4v) is 5.02. The molecule has 44 heavy (non-hydrogen) atoms. The van der Waals surface area contributed by atoms with E-state index in [-0.39, 0.29) is 24.9 Å². The number of nitrogens with one attached hydrogen (secondary N) is 1. The van der Waals surface area contributed by atoms with Crippen molar-refractivity contribution >= 4 is 34.2 Å². The van der Waals surface area contributed by atoms with Crippen molar-refractivity contribution in [2.45, 2.75) is 26.1 Å². The van der Waals surface area contributed by atoms with Crippen molar-refractivity contribution in [3.8, 4) is 11.5 Å². The zero-order valence-electron chi connectivity index (χ0n) is 25.5. The van der Waals surface area contributed by atoms with Crippen molar-refractivity contribution in [3.05, 3.63) is 108 Å². The van der Waals surface area contributed by atoms with Crippen LogP contribution in [0.25, 0.3) is 11.0 Å². The molecule has 5 rings (SSSR count). The molecule has 0 saturated heterocycles. The molecule has 10 heteroatoms. The van der Waals surface area contributed by atoms with Gasteiger partial charge in [-0.1, -0.05) is 53.2 Å². The Balaban J connectivity index is 1.58. The number of carbonyl (C=O) groups excluding carboxylic acids is 2. The largest absolute Gasteiger partial charge is 0.493 e. The van der Waals surface area contributed by atoms with E-state index in [0.29, 0.717) is 28.3 Å². The van der Waals surface area contributed by atoms with Gasteiger partial charge in [0.1, 0.15) is 18.1 Å². The maximum absolute atomic E-state index is 14.3. The van der Waals surface area contributed by atoms with Gasteiger partial charge in [0.25, 0.3) is 5.91 Å². The normalized spacial score (nSPS) is 11.6. The number of anilines is 2. The summed E-state index contributed by atoms with van der Waals surface area (Å²) in [5, 5.41) is 11.5. The number of methoxy groups -OCH3 is 2. The third-order valence-electron chi connectivity index (χ3n) is 7.43. The molecule has 1 N–H and O–H groups in total. The molecule has 0 fully saturated rings. The van der Waals surface area contributed by atoms with Crippen LogP contribution in [0.15, 0.2) is 91.0 Å². The first kappa shape index (κ1) is 30.1. The van der Waals surface area contributed by atoms with E-state index in [0.717, 1.165) is 22.3 Å². The van der Waals surface area contributed by atoms with Crippen molar-refractivity contribution in [3.63, 3.8) is 0 Å². The fourth-order valence-electron chi connectivity index (χ4n) is 5.02. The Labute approximate surface area is 256 Å². The number of hydrogen-bond donors (Lipinski definition) is 1. The molecule has 10 nitrogen and oxygen atoms in total. The predicted octanol–water partition coefficient (Wildman–Crippen LogP) is 5.23. The van der Waals surface area contributed by atoms with Gasteiger partial charge in [0, 0.05) is 32.0 Å². The molecule has 0 bridgehead atoms. The number of nitrogens with zero attached hydrogens (tertiary/aromatic N) is 5. The topological polar surface area (TPSA) is 102 Å². The van der Waals surface area contributed by atoms with Crippen LogP contribution >= 0.6 is 0 Å². The number of benzene rings is 4. The standard InChI is InChI=1S/C34H36N6O4/c1-23-10-12-24(13-11-23)21-39(32(41)22-40-29-9-7-6-8-28(29)36-37-40)33(25-14-19-30(43-4)31(20-25)44-5)34(42)35-26-15-17-27(18-16-26)38(2)3/h6-20,33H,21-22H2,1-5H3,(H,35,42). The molecule has 2 amide bonds. The summed E-state index contributed by atoms with van der Waals surface area (Å²) in [5.41, 5.74) is 5.54. The van der Waals surface area contributed by atoms with E-state index in [1.807, 2.05) is 98.7 Å². The van der Waals surface area contributed by atoms with Crippen molar-refractivity contribution < 1.29 is 19.1 Å². The summed E-state index contributed by atoms with van der Waals surface area (Å²) in [7, 11) is 6.99. The van der Waals surface area contributed by atoms with Gasteiger partial charge < -0.3 is 24.6 Å². The molecule has 1 unspecified atom stereocenters. The molecular weight excluding hydrogens is 556 g/mol. The van der Waals surface area contributed by atoms with Crippen molar-refractivity contribution in [1.82, 2.24) is 19.9 Å². The molecule has 0 radical (unpaired) electrons. The van der Waals surface area contributed by atoms with Gasteiger partial charge in [-0.3, -0.25) is 9.59 Å². The van der Waals surface area contributed by atoms with E-state index < -0.39 is 6.04 Å². The lowest BCUT2D eigenvalue weighted by atomic mass is 10.0. The van der Waals surface area contributed by atoms with Crippen LogP contribution in [-0.2, 0) is 22.7 Å². The Kier molecular flexibility index (Phi) is 9.09. The monoisotopic (exact) mass is 592 g/mol. The van der Waals surface area contributed by atoms with Crippen LogP contribution < -0.4 is 19.7 Å². The second-order valence-electron chi connectivity index (χ2n) is 10.7. The zero-order chi connectivity index (χ0) is 31.2. The number of fused-ring (bicyclic) bond motifs is 1. The summed E-state index contributed by atoms with van der Waals surface area (Å²) >= 11 is 0. The fraction of sp³-hybridized carbons (Fsp3) is 0.235. The van der Waals surface area contributed by atoms with Gasteiger partial charge in [-0.2, -0.15) is 0 Å². The predicted molar refractivity (Wildman–Crippen MR) is 171 cm³/mol. The van der Waals surface area contributed by atoms with Crippen LogP contribution in [-0.4, -0.2) is 60.0 Å². The van der Waals surface area contributed by atoms with Crippen LogP contribution in [0.1, 0.15) is 22.7 Å². The highest BCUT2D eigenvalue weighted by molar-refractivity contribution is 5.98.